The molecule has 0 radical (unpaired) electrons. The van der Waals surface area contributed by atoms with Crippen LogP contribution in [0.5, 0.6) is 0 Å². The Morgan fingerprint density at radius 2 is 0.881 bits per heavy atom. The number of aliphatic hydroxyl groups excluding tert-OH is 5. The van der Waals surface area contributed by atoms with Crippen LogP contribution in [-0.2, 0) is 32.7 Å². The Morgan fingerprint density at radius 3 is 1.32 bits per heavy atom. The lowest BCUT2D eigenvalue weighted by Gasteiger charge is -2.26. The van der Waals surface area contributed by atoms with E-state index in [4.69, 9.17) is 23.6 Å². The van der Waals surface area contributed by atoms with Crippen molar-refractivity contribution in [3.05, 3.63) is 24.3 Å². The molecule has 0 amide bonds. The monoisotopic (exact) mass is 865 g/mol. The summed E-state index contributed by atoms with van der Waals surface area (Å²) in [6.07, 6.45) is 29.7. The van der Waals surface area contributed by atoms with Gasteiger partial charge in [-0.3, -0.25) is 18.6 Å². The van der Waals surface area contributed by atoms with Crippen LogP contribution in [0.4, 0.5) is 0 Å². The molecule has 59 heavy (non-hydrogen) atoms. The first-order valence-electron chi connectivity index (χ1n) is 23.1. The number of rotatable bonds is 43. The predicted octanol–water partition coefficient (Wildman–Crippen LogP) is 9.09. The van der Waals surface area contributed by atoms with Crippen LogP contribution in [0.25, 0.3) is 0 Å². The zero-order valence-electron chi connectivity index (χ0n) is 36.8. The third-order valence-electron chi connectivity index (χ3n) is 10.2. The number of esters is 2. The molecule has 0 saturated heterocycles. The summed E-state index contributed by atoms with van der Waals surface area (Å²) in [4.78, 5) is 35.4. The lowest BCUT2D eigenvalue weighted by Crippen LogP contribution is -2.47. The lowest BCUT2D eigenvalue weighted by molar-refractivity contribution is -0.161. The van der Waals surface area contributed by atoms with Gasteiger partial charge in [-0.1, -0.05) is 141 Å². The molecule has 0 aromatic rings. The van der Waals surface area contributed by atoms with Gasteiger partial charge in [-0.15, -0.1) is 0 Å². The number of allylic oxidation sites excluding steroid dienone is 4. The molecule has 0 fully saturated rings. The van der Waals surface area contributed by atoms with Gasteiger partial charge in [0.05, 0.1) is 19.8 Å². The Kier molecular flexibility index (Phi) is 39.3. The summed E-state index contributed by atoms with van der Waals surface area (Å²) in [5.74, 6) is -1.07. The van der Waals surface area contributed by atoms with Crippen LogP contribution in [0.15, 0.2) is 24.3 Å². The van der Waals surface area contributed by atoms with Gasteiger partial charge < -0.3 is 39.9 Å². The van der Waals surface area contributed by atoms with E-state index in [1.807, 2.05) is 0 Å². The first-order chi connectivity index (χ1) is 28.5. The summed E-state index contributed by atoms with van der Waals surface area (Å²) >= 11 is 0. The molecule has 14 heteroatoms. The Balaban J connectivity index is 4.66. The minimum atomic E-state index is -4.90. The molecule has 6 N–H and O–H groups in total. The highest BCUT2D eigenvalue weighted by molar-refractivity contribution is 7.47. The molecule has 348 valence electrons. The fraction of sp³-hybridized carbons (Fsp3) is 0.867. The van der Waals surface area contributed by atoms with Crippen LogP contribution >= 0.6 is 7.82 Å². The van der Waals surface area contributed by atoms with Gasteiger partial charge in [-0.2, -0.15) is 0 Å². The minimum absolute atomic E-state index is 0.108. The maximum absolute atomic E-state index is 12.7. The number of hydrogen-bond acceptors (Lipinski definition) is 12. The van der Waals surface area contributed by atoms with Crippen molar-refractivity contribution in [2.24, 2.45) is 0 Å². The number of phosphoric acid groups is 1. The summed E-state index contributed by atoms with van der Waals surface area (Å²) < 4.78 is 33.0. The van der Waals surface area contributed by atoms with Crippen LogP contribution in [-0.4, -0.2) is 99.3 Å². The molecule has 13 nitrogen and oxygen atoms in total. The van der Waals surface area contributed by atoms with E-state index in [0.717, 1.165) is 77.0 Å². The largest absolute Gasteiger partial charge is 0.472 e. The summed E-state index contributed by atoms with van der Waals surface area (Å²) in [5, 5.41) is 48.1. The number of aliphatic hydroxyl groups is 5. The van der Waals surface area contributed by atoms with E-state index < -0.39 is 76.7 Å². The van der Waals surface area contributed by atoms with Crippen LogP contribution in [0.3, 0.4) is 0 Å². The second kappa shape index (κ2) is 40.4. The lowest BCUT2D eigenvalue weighted by atomic mass is 10.0. The topological polar surface area (TPSA) is 210 Å². The Bertz CT molecular complexity index is 1090. The average Bonchev–Trinajstić information content (AvgIpc) is 3.22. The highest BCUT2D eigenvalue weighted by Gasteiger charge is 2.33. The molecule has 0 aliphatic rings. The highest BCUT2D eigenvalue weighted by atomic mass is 31.2. The van der Waals surface area contributed by atoms with Crippen molar-refractivity contribution in [3.63, 3.8) is 0 Å². The van der Waals surface area contributed by atoms with Gasteiger partial charge in [-0.25, -0.2) is 4.57 Å². The number of ether oxygens (including phenoxy) is 2. The molecule has 0 aromatic heterocycles. The van der Waals surface area contributed by atoms with Crippen molar-refractivity contribution >= 4 is 19.8 Å². The van der Waals surface area contributed by atoms with E-state index in [2.05, 4.69) is 38.2 Å². The van der Waals surface area contributed by atoms with E-state index in [0.29, 0.717) is 12.8 Å². The van der Waals surface area contributed by atoms with Gasteiger partial charge >= 0.3 is 19.8 Å². The van der Waals surface area contributed by atoms with Crippen molar-refractivity contribution in [1.82, 2.24) is 0 Å². The molecule has 0 spiro atoms. The maximum Gasteiger partial charge on any atom is 0.472 e. The van der Waals surface area contributed by atoms with E-state index in [1.165, 1.54) is 77.0 Å². The second-order valence-corrected chi connectivity index (χ2v) is 17.3. The van der Waals surface area contributed by atoms with Crippen molar-refractivity contribution in [3.8, 4) is 0 Å². The number of phosphoric ester groups is 1. The van der Waals surface area contributed by atoms with Crippen molar-refractivity contribution in [2.45, 2.75) is 224 Å². The molecule has 0 bridgehead atoms. The SMILES string of the molecule is CCCCCCCCC=CCCCCCCCC(=O)OCC(COP(=O)(O)OCC(O)C(O)C(O)C(O)CO)OC(=O)CCCCCCCC=CCCCCCCCC. The van der Waals surface area contributed by atoms with Crippen molar-refractivity contribution in [2.75, 3.05) is 26.4 Å². The zero-order valence-corrected chi connectivity index (χ0v) is 37.7. The summed E-state index contributed by atoms with van der Waals surface area (Å²) in [5.41, 5.74) is 0. The third kappa shape index (κ3) is 36.7. The molecule has 0 aliphatic heterocycles. The molecule has 0 aliphatic carbocycles. The molecule has 0 heterocycles. The summed E-state index contributed by atoms with van der Waals surface area (Å²) in [6, 6.07) is 0. The van der Waals surface area contributed by atoms with Crippen molar-refractivity contribution < 1.29 is 63.1 Å². The molecule has 0 rings (SSSR count). The maximum atomic E-state index is 12.7. The molecule has 6 atom stereocenters. The Labute approximate surface area is 357 Å². The number of carbonyl (C=O) groups is 2. The quantitative estimate of drug-likeness (QED) is 0.0146. The van der Waals surface area contributed by atoms with Gasteiger partial charge in [0, 0.05) is 12.8 Å². The van der Waals surface area contributed by atoms with Gasteiger partial charge in [0.1, 0.15) is 31.0 Å². The van der Waals surface area contributed by atoms with E-state index in [-0.39, 0.29) is 12.8 Å². The summed E-state index contributed by atoms with van der Waals surface area (Å²) in [7, 11) is -4.90. The van der Waals surface area contributed by atoms with Crippen molar-refractivity contribution in [1.29, 1.82) is 0 Å². The molecule has 0 saturated carbocycles. The third-order valence-corrected chi connectivity index (χ3v) is 11.1. The standard InChI is InChI=1S/C45H85O13P/c1-3-5-7-9-11-13-15-17-19-21-23-25-27-29-31-33-42(49)55-36-39(37-56-59(53,54)57-38-41(48)45(52)44(51)40(47)35-46)58-43(50)34-32-30-28-26-24-22-20-18-16-14-12-10-8-6-4-2/h17-20,39-41,44-48,51-52H,3-16,21-38H2,1-2H3,(H,53,54). The van der Waals surface area contributed by atoms with Gasteiger partial charge in [0.15, 0.2) is 6.10 Å². The fourth-order valence-corrected chi connectivity index (χ4v) is 7.12. The van der Waals surface area contributed by atoms with Gasteiger partial charge in [0.2, 0.25) is 0 Å². The van der Waals surface area contributed by atoms with Gasteiger partial charge in [-0.05, 0) is 64.2 Å². The minimum Gasteiger partial charge on any atom is -0.462 e. The smallest absolute Gasteiger partial charge is 0.462 e. The van der Waals surface area contributed by atoms with E-state index in [1.54, 1.807) is 0 Å². The zero-order chi connectivity index (χ0) is 43.8. The number of hydrogen-bond donors (Lipinski definition) is 6. The van der Waals surface area contributed by atoms with Crippen LogP contribution in [0.2, 0.25) is 0 Å². The first-order valence-corrected chi connectivity index (χ1v) is 24.6. The fourth-order valence-electron chi connectivity index (χ4n) is 6.35. The van der Waals surface area contributed by atoms with Gasteiger partial charge in [0.25, 0.3) is 0 Å². The molecular formula is C45H85O13P. The highest BCUT2D eigenvalue weighted by Crippen LogP contribution is 2.43. The molecule has 0 aromatic carbocycles. The van der Waals surface area contributed by atoms with Crippen LogP contribution in [0, 0.1) is 0 Å². The molecular weight excluding hydrogens is 779 g/mol. The van der Waals surface area contributed by atoms with E-state index in [9.17, 15) is 39.5 Å². The number of carbonyl (C=O) groups excluding carboxylic acids is 2. The number of unbranched alkanes of at least 4 members (excludes halogenated alkanes) is 22. The second-order valence-electron chi connectivity index (χ2n) is 15.8. The Hall–Kier alpha value is -1.67. The Morgan fingerprint density at radius 1 is 0.508 bits per heavy atom. The summed E-state index contributed by atoms with van der Waals surface area (Å²) in [6.45, 7) is 1.51. The van der Waals surface area contributed by atoms with E-state index >= 15 is 0 Å². The molecule has 6 unspecified atom stereocenters. The average molecular weight is 865 g/mol. The van der Waals surface area contributed by atoms with Crippen LogP contribution < -0.4 is 0 Å². The predicted molar refractivity (Wildman–Crippen MR) is 233 cm³/mol. The van der Waals surface area contributed by atoms with Crippen LogP contribution in [0.1, 0.15) is 194 Å². The first kappa shape index (κ1) is 57.3. The normalized spacial score (nSPS) is 15.6.